The highest BCUT2D eigenvalue weighted by Gasteiger charge is 2.12. The Morgan fingerprint density at radius 2 is 2.00 bits per heavy atom. The molecule has 4 nitrogen and oxygen atoms in total. The van der Waals surface area contributed by atoms with Crippen LogP contribution in [0.15, 0.2) is 0 Å². The van der Waals surface area contributed by atoms with Gasteiger partial charge in [0, 0.05) is 14.0 Å². The Balaban J connectivity index is 3.72. The number of hydrogen-bond donors (Lipinski definition) is 1. The summed E-state index contributed by atoms with van der Waals surface area (Å²) in [5.74, 6) is -0.744. The van der Waals surface area contributed by atoms with Gasteiger partial charge >= 0.3 is 5.97 Å². The average molecular weight is 145 g/mol. The minimum atomic E-state index is -0.692. The lowest BCUT2D eigenvalue weighted by Gasteiger charge is -2.08. The Labute approximate surface area is 59.6 Å². The average Bonchev–Trinajstić information content (AvgIpc) is 1.85. The fourth-order valence-corrected chi connectivity index (χ4v) is 0.506. The van der Waals surface area contributed by atoms with Gasteiger partial charge in [0.15, 0.2) is 6.10 Å². The molecule has 0 aliphatic heterocycles. The van der Waals surface area contributed by atoms with Crippen LogP contribution in [-0.2, 0) is 14.3 Å². The third kappa shape index (κ3) is 3.06. The van der Waals surface area contributed by atoms with Crippen LogP contribution in [0.5, 0.6) is 0 Å². The van der Waals surface area contributed by atoms with E-state index >= 15 is 0 Å². The van der Waals surface area contributed by atoms with E-state index in [1.807, 2.05) is 0 Å². The first-order chi connectivity index (χ1) is 4.57. The molecule has 0 saturated carbocycles. The summed E-state index contributed by atoms with van der Waals surface area (Å²) in [6, 6.07) is 0. The molecule has 0 aliphatic carbocycles. The minimum Gasteiger partial charge on any atom is -0.453 e. The number of carbonyl (C=O) groups is 2. The van der Waals surface area contributed by atoms with E-state index in [-0.39, 0.29) is 5.91 Å². The molecule has 10 heavy (non-hydrogen) atoms. The largest absolute Gasteiger partial charge is 0.453 e. The molecule has 0 fully saturated rings. The molecule has 1 atom stereocenters. The quantitative estimate of drug-likeness (QED) is 0.542. The van der Waals surface area contributed by atoms with E-state index in [0.717, 1.165) is 0 Å². The minimum absolute atomic E-state index is 0.296. The molecule has 58 valence electrons. The molecule has 0 radical (unpaired) electrons. The van der Waals surface area contributed by atoms with Gasteiger partial charge in [-0.2, -0.15) is 0 Å². The van der Waals surface area contributed by atoms with Crippen molar-refractivity contribution in [2.24, 2.45) is 0 Å². The number of ether oxygens (including phenoxy) is 1. The fraction of sp³-hybridized carbons (Fsp3) is 0.667. The predicted molar refractivity (Wildman–Crippen MR) is 35.3 cm³/mol. The summed E-state index contributed by atoms with van der Waals surface area (Å²) in [6.45, 7) is 2.78. The summed E-state index contributed by atoms with van der Waals surface area (Å²) in [5.41, 5.74) is 0. The first-order valence-corrected chi connectivity index (χ1v) is 2.96. The summed E-state index contributed by atoms with van der Waals surface area (Å²) >= 11 is 0. The number of amides is 1. The smallest absolute Gasteiger partial charge is 0.303 e. The topological polar surface area (TPSA) is 55.4 Å². The molecule has 0 aromatic carbocycles. The van der Waals surface area contributed by atoms with Crippen LogP contribution < -0.4 is 5.32 Å². The van der Waals surface area contributed by atoms with Crippen molar-refractivity contribution in [1.82, 2.24) is 5.32 Å². The third-order valence-corrected chi connectivity index (χ3v) is 0.958. The van der Waals surface area contributed by atoms with Crippen molar-refractivity contribution in [3.8, 4) is 0 Å². The molecule has 0 aliphatic rings. The molecule has 4 heteroatoms. The van der Waals surface area contributed by atoms with Gasteiger partial charge < -0.3 is 10.1 Å². The lowest BCUT2D eigenvalue weighted by molar-refractivity contribution is -0.152. The van der Waals surface area contributed by atoms with Crippen LogP contribution in [-0.4, -0.2) is 25.0 Å². The second-order valence-electron chi connectivity index (χ2n) is 1.87. The number of hydrogen-bond acceptors (Lipinski definition) is 3. The Morgan fingerprint density at radius 1 is 1.50 bits per heavy atom. The predicted octanol–water partition coefficient (Wildman–Crippen LogP) is -0.316. The zero-order valence-corrected chi connectivity index (χ0v) is 6.30. The number of nitrogens with one attached hydrogen (secondary N) is 1. The lowest BCUT2D eigenvalue weighted by Crippen LogP contribution is -2.32. The van der Waals surface area contributed by atoms with Crippen molar-refractivity contribution in [3.63, 3.8) is 0 Å². The number of rotatable bonds is 2. The third-order valence-electron chi connectivity index (χ3n) is 0.958. The van der Waals surface area contributed by atoms with E-state index in [9.17, 15) is 9.59 Å². The Bertz CT molecular complexity index is 144. The van der Waals surface area contributed by atoms with Crippen molar-refractivity contribution < 1.29 is 14.3 Å². The van der Waals surface area contributed by atoms with Gasteiger partial charge in [-0.15, -0.1) is 0 Å². The zero-order valence-electron chi connectivity index (χ0n) is 6.30. The van der Waals surface area contributed by atoms with E-state index in [2.05, 4.69) is 10.1 Å². The first-order valence-electron chi connectivity index (χ1n) is 2.96. The van der Waals surface area contributed by atoms with Gasteiger partial charge in [0.05, 0.1) is 0 Å². The van der Waals surface area contributed by atoms with Gasteiger partial charge in [0.2, 0.25) is 0 Å². The molecule has 0 heterocycles. The molecule has 1 amide bonds. The standard InChI is InChI=1S/C6H11NO3/c1-4(6(9)7-3)10-5(2)8/h4H,1-3H3,(H,7,9). The molecule has 0 bridgehead atoms. The highest BCUT2D eigenvalue weighted by molar-refractivity contribution is 5.82. The number of carbonyl (C=O) groups excluding carboxylic acids is 2. The van der Waals surface area contributed by atoms with Gasteiger partial charge in [-0.3, -0.25) is 9.59 Å². The van der Waals surface area contributed by atoms with Crippen LogP contribution in [0.2, 0.25) is 0 Å². The van der Waals surface area contributed by atoms with Crippen LogP contribution in [0.25, 0.3) is 0 Å². The van der Waals surface area contributed by atoms with Crippen molar-refractivity contribution in [1.29, 1.82) is 0 Å². The van der Waals surface area contributed by atoms with Crippen molar-refractivity contribution in [2.75, 3.05) is 7.05 Å². The van der Waals surface area contributed by atoms with Crippen LogP contribution in [0.3, 0.4) is 0 Å². The summed E-state index contributed by atoms with van der Waals surface area (Å²) in [7, 11) is 1.49. The van der Waals surface area contributed by atoms with Crippen LogP contribution in [0, 0.1) is 0 Å². The van der Waals surface area contributed by atoms with Gasteiger partial charge in [0.1, 0.15) is 0 Å². The Hall–Kier alpha value is -1.06. The van der Waals surface area contributed by atoms with Gasteiger partial charge in [0.25, 0.3) is 5.91 Å². The van der Waals surface area contributed by atoms with Crippen molar-refractivity contribution in [2.45, 2.75) is 20.0 Å². The first kappa shape index (κ1) is 8.94. The fourth-order valence-electron chi connectivity index (χ4n) is 0.506. The summed E-state index contributed by atoms with van der Waals surface area (Å²) in [5, 5.41) is 2.35. The van der Waals surface area contributed by atoms with E-state index in [1.54, 1.807) is 0 Å². The summed E-state index contributed by atoms with van der Waals surface area (Å²) in [4.78, 5) is 20.9. The zero-order chi connectivity index (χ0) is 8.15. The molecule has 0 saturated heterocycles. The van der Waals surface area contributed by atoms with Crippen molar-refractivity contribution in [3.05, 3.63) is 0 Å². The monoisotopic (exact) mass is 145 g/mol. The van der Waals surface area contributed by atoms with E-state index in [4.69, 9.17) is 0 Å². The molecular weight excluding hydrogens is 134 g/mol. The molecule has 1 N–H and O–H groups in total. The van der Waals surface area contributed by atoms with E-state index in [1.165, 1.54) is 20.9 Å². The van der Waals surface area contributed by atoms with Crippen molar-refractivity contribution >= 4 is 11.9 Å². The summed E-state index contributed by atoms with van der Waals surface area (Å²) < 4.78 is 4.55. The molecule has 0 rings (SSSR count). The molecule has 1 unspecified atom stereocenters. The van der Waals surface area contributed by atoms with Crippen LogP contribution in [0.4, 0.5) is 0 Å². The van der Waals surface area contributed by atoms with Crippen LogP contribution >= 0.6 is 0 Å². The normalized spacial score (nSPS) is 11.9. The highest BCUT2D eigenvalue weighted by Crippen LogP contribution is 1.89. The molecule has 0 aromatic rings. The second-order valence-corrected chi connectivity index (χ2v) is 1.87. The molecule has 0 spiro atoms. The molecular formula is C6H11NO3. The Morgan fingerprint density at radius 3 is 2.30 bits per heavy atom. The van der Waals surface area contributed by atoms with E-state index in [0.29, 0.717) is 0 Å². The lowest BCUT2D eigenvalue weighted by atomic mass is 10.4. The highest BCUT2D eigenvalue weighted by atomic mass is 16.5. The number of likely N-dealkylation sites (N-methyl/N-ethyl adjacent to an activating group) is 1. The van der Waals surface area contributed by atoms with Gasteiger partial charge in [-0.25, -0.2) is 0 Å². The SMILES string of the molecule is CNC(=O)C(C)OC(C)=O. The second kappa shape index (κ2) is 3.87. The van der Waals surface area contributed by atoms with E-state index < -0.39 is 12.1 Å². The maximum Gasteiger partial charge on any atom is 0.303 e. The summed E-state index contributed by atoms with van der Waals surface area (Å²) in [6.07, 6.45) is -0.692. The maximum absolute atomic E-state index is 10.7. The van der Waals surface area contributed by atoms with Crippen LogP contribution in [0.1, 0.15) is 13.8 Å². The van der Waals surface area contributed by atoms with Gasteiger partial charge in [-0.05, 0) is 6.92 Å². The Kier molecular flexibility index (Phi) is 3.46. The number of esters is 1. The maximum atomic E-state index is 10.7. The van der Waals surface area contributed by atoms with Gasteiger partial charge in [-0.1, -0.05) is 0 Å². The molecule has 0 aromatic heterocycles.